The first-order chi connectivity index (χ1) is 11.1. The number of benzene rings is 1. The average Bonchev–Trinajstić information content (AvgIpc) is 2.56. The van der Waals surface area contributed by atoms with Gasteiger partial charge in [-0.1, -0.05) is 102 Å². The van der Waals surface area contributed by atoms with Gasteiger partial charge in [-0.15, -0.1) is 0 Å². The molecule has 1 aromatic carbocycles. The van der Waals surface area contributed by atoms with Gasteiger partial charge in [0.1, 0.15) is 0 Å². The van der Waals surface area contributed by atoms with Gasteiger partial charge in [0.2, 0.25) is 0 Å². The second kappa shape index (κ2) is 15.4. The topological polar surface area (TPSA) is 31.5 Å². The van der Waals surface area contributed by atoms with E-state index < -0.39 is 0 Å². The minimum absolute atomic E-state index is 0. The van der Waals surface area contributed by atoms with E-state index in [-0.39, 0.29) is 5.48 Å². The van der Waals surface area contributed by atoms with Crippen LogP contribution in [0.1, 0.15) is 84.3 Å². The van der Waals surface area contributed by atoms with E-state index in [1.807, 2.05) is 13.8 Å². The molecule has 0 spiro atoms. The van der Waals surface area contributed by atoms with Gasteiger partial charge in [-0.3, -0.25) is 0 Å². The first kappa shape index (κ1) is 25.2. The van der Waals surface area contributed by atoms with Crippen LogP contribution in [0.15, 0.2) is 36.4 Å². The van der Waals surface area contributed by atoms with E-state index >= 15 is 0 Å². The van der Waals surface area contributed by atoms with Crippen LogP contribution in [0.2, 0.25) is 0 Å². The fourth-order valence-electron chi connectivity index (χ4n) is 3.42. The van der Waals surface area contributed by atoms with E-state index in [0.717, 1.165) is 18.3 Å². The van der Waals surface area contributed by atoms with Crippen molar-refractivity contribution < 1.29 is 5.48 Å². The van der Waals surface area contributed by atoms with Crippen LogP contribution >= 0.6 is 0 Å². The van der Waals surface area contributed by atoms with Crippen LogP contribution in [0.4, 0.5) is 0 Å². The Morgan fingerprint density at radius 3 is 2.04 bits per heavy atom. The molecule has 0 heterocycles. The molecular weight excluding hydrogens is 292 g/mol. The number of hydrogen-bond donors (Lipinski definition) is 0. The van der Waals surface area contributed by atoms with Gasteiger partial charge in [0.05, 0.1) is 0 Å². The molecule has 0 saturated heterocycles. The summed E-state index contributed by atoms with van der Waals surface area (Å²) in [6, 6.07) is 9.05. The highest BCUT2D eigenvalue weighted by Gasteiger charge is 2.21. The second-order valence-corrected chi connectivity index (χ2v) is 6.60. The first-order valence-corrected chi connectivity index (χ1v) is 9.82. The van der Waals surface area contributed by atoms with Crippen LogP contribution < -0.4 is 0 Å². The molecule has 1 nitrogen and oxygen atoms in total. The smallest absolute Gasteiger partial charge is 0.0245 e. The molecule has 0 aliphatic rings. The number of allylic oxidation sites excluding steroid dienone is 1. The van der Waals surface area contributed by atoms with E-state index in [9.17, 15) is 0 Å². The van der Waals surface area contributed by atoms with Crippen LogP contribution in [0.25, 0.3) is 0 Å². The molecule has 1 aromatic rings. The maximum Gasteiger partial charge on any atom is -0.0245 e. The Labute approximate surface area is 151 Å². The summed E-state index contributed by atoms with van der Waals surface area (Å²) in [5, 5.41) is 0. The van der Waals surface area contributed by atoms with Crippen molar-refractivity contribution in [3.8, 4) is 0 Å². The van der Waals surface area contributed by atoms with E-state index in [2.05, 4.69) is 58.5 Å². The fourth-order valence-corrected chi connectivity index (χ4v) is 3.42. The van der Waals surface area contributed by atoms with Crippen molar-refractivity contribution >= 4 is 0 Å². The third-order valence-electron chi connectivity index (χ3n) is 4.62. The Morgan fingerprint density at radius 2 is 1.58 bits per heavy atom. The fraction of sp³-hybridized carbons (Fsp3) is 0.652. The third kappa shape index (κ3) is 9.93. The van der Waals surface area contributed by atoms with Crippen LogP contribution in [0.3, 0.4) is 0 Å². The molecule has 140 valence electrons. The largest absolute Gasteiger partial charge is 0.412 e. The Hall–Kier alpha value is -1.08. The lowest BCUT2D eigenvalue weighted by Gasteiger charge is -2.28. The van der Waals surface area contributed by atoms with Crippen LogP contribution in [-0.4, -0.2) is 5.48 Å². The monoisotopic (exact) mass is 334 g/mol. The quantitative estimate of drug-likeness (QED) is 0.415. The Morgan fingerprint density at radius 1 is 1.00 bits per heavy atom. The van der Waals surface area contributed by atoms with Crippen LogP contribution in [0.5, 0.6) is 0 Å². The minimum atomic E-state index is 0. The summed E-state index contributed by atoms with van der Waals surface area (Å²) in [4.78, 5) is 0. The van der Waals surface area contributed by atoms with Gasteiger partial charge in [0, 0.05) is 0 Å². The summed E-state index contributed by atoms with van der Waals surface area (Å²) < 4.78 is 0. The molecule has 24 heavy (non-hydrogen) atoms. The van der Waals surface area contributed by atoms with Crippen molar-refractivity contribution in [2.45, 2.75) is 86.5 Å². The molecule has 1 rings (SSSR count). The Bertz CT molecular complexity index is 416. The summed E-state index contributed by atoms with van der Waals surface area (Å²) in [6.45, 7) is 17.3. The molecule has 0 aromatic heterocycles. The number of aryl methyl sites for hydroxylation is 1. The molecule has 0 radical (unpaired) electrons. The van der Waals surface area contributed by atoms with Crippen molar-refractivity contribution in [2.24, 2.45) is 11.8 Å². The van der Waals surface area contributed by atoms with Gasteiger partial charge in [-0.25, -0.2) is 0 Å². The maximum absolute atomic E-state index is 4.27. The lowest BCUT2D eigenvalue weighted by Crippen LogP contribution is -2.18. The summed E-state index contributed by atoms with van der Waals surface area (Å²) in [6.07, 6.45) is 8.86. The predicted molar refractivity (Wildman–Crippen MR) is 111 cm³/mol. The molecule has 2 N–H and O–H groups in total. The highest BCUT2D eigenvalue weighted by atomic mass is 16.0. The molecule has 0 fully saturated rings. The lowest BCUT2D eigenvalue weighted by molar-refractivity contribution is 0.283. The van der Waals surface area contributed by atoms with Crippen LogP contribution in [0, 0.1) is 18.8 Å². The van der Waals surface area contributed by atoms with Crippen molar-refractivity contribution in [2.75, 3.05) is 0 Å². The highest BCUT2D eigenvalue weighted by Crippen LogP contribution is 2.31. The molecule has 1 heteroatoms. The maximum atomic E-state index is 4.27. The molecule has 0 aliphatic carbocycles. The van der Waals surface area contributed by atoms with Crippen molar-refractivity contribution in [3.05, 3.63) is 47.5 Å². The van der Waals surface area contributed by atoms with Gasteiger partial charge in [-0.2, -0.15) is 0 Å². The average molecular weight is 335 g/mol. The zero-order valence-electron chi connectivity index (χ0n) is 17.1. The zero-order valence-corrected chi connectivity index (χ0v) is 17.1. The Kier molecular flexibility index (Phi) is 16.2. The predicted octanol–water partition coefficient (Wildman–Crippen LogP) is 6.93. The van der Waals surface area contributed by atoms with Gasteiger partial charge in [0.15, 0.2) is 0 Å². The molecule has 1 unspecified atom stereocenters. The number of hydrogen-bond acceptors (Lipinski definition) is 0. The highest BCUT2D eigenvalue weighted by molar-refractivity contribution is 5.23. The van der Waals surface area contributed by atoms with Crippen LogP contribution in [-0.2, 0) is 6.42 Å². The molecule has 0 aliphatic heterocycles. The van der Waals surface area contributed by atoms with Crippen molar-refractivity contribution in [1.82, 2.24) is 0 Å². The van der Waals surface area contributed by atoms with E-state index in [1.165, 1.54) is 55.2 Å². The molecule has 0 amide bonds. The number of rotatable bonds is 10. The molecule has 1 atom stereocenters. The zero-order chi connectivity index (χ0) is 17.7. The summed E-state index contributed by atoms with van der Waals surface area (Å²) in [5.41, 5.74) is 4.30. The molecule has 0 bridgehead atoms. The Balaban J connectivity index is 0. The minimum Gasteiger partial charge on any atom is -0.412 e. The normalized spacial score (nSPS) is 11.3. The van der Waals surface area contributed by atoms with E-state index in [1.54, 1.807) is 0 Å². The first-order valence-electron chi connectivity index (χ1n) is 9.82. The van der Waals surface area contributed by atoms with Gasteiger partial charge >= 0.3 is 0 Å². The second-order valence-electron chi connectivity index (χ2n) is 6.60. The van der Waals surface area contributed by atoms with Gasteiger partial charge in [0.25, 0.3) is 0 Å². The van der Waals surface area contributed by atoms with Gasteiger partial charge < -0.3 is 5.48 Å². The van der Waals surface area contributed by atoms with Crippen molar-refractivity contribution in [1.29, 1.82) is 0 Å². The summed E-state index contributed by atoms with van der Waals surface area (Å²) >= 11 is 0. The standard InChI is InChI=1S/C21H34.C2H6.H2O/c1-6-10-20(11-7-2)21(15-17(4)8-3)16-19-13-9-12-18(5)14-19;1-2;/h9,12-14,20-21H,4,6-8,10-11,15-16H2,1-3,5H3;1-2H3;1H2. The van der Waals surface area contributed by atoms with E-state index in [0.29, 0.717) is 0 Å². The van der Waals surface area contributed by atoms with E-state index in [4.69, 9.17) is 0 Å². The molecule has 0 saturated carbocycles. The summed E-state index contributed by atoms with van der Waals surface area (Å²) in [7, 11) is 0. The molecular formula is C23H42O. The SMILES string of the molecule is C=C(CC)CC(Cc1cccc(C)c1)C(CCC)CCC.CC.O. The summed E-state index contributed by atoms with van der Waals surface area (Å²) in [5.74, 6) is 1.61. The van der Waals surface area contributed by atoms with Gasteiger partial charge in [-0.05, 0) is 43.6 Å². The lowest BCUT2D eigenvalue weighted by atomic mass is 9.77. The third-order valence-corrected chi connectivity index (χ3v) is 4.62. The van der Waals surface area contributed by atoms with Crippen molar-refractivity contribution in [3.63, 3.8) is 0 Å².